The molecule has 1 amide bonds. The van der Waals surface area contributed by atoms with Crippen LogP contribution in [0, 0.1) is 0 Å². The number of phosphoric acid groups is 1. The van der Waals surface area contributed by atoms with Gasteiger partial charge in [0.2, 0.25) is 5.91 Å². The number of quaternary nitrogens is 1. The second-order valence-electron chi connectivity index (χ2n) is 21.3. The van der Waals surface area contributed by atoms with Crippen LogP contribution in [0.3, 0.4) is 0 Å². The summed E-state index contributed by atoms with van der Waals surface area (Å²) in [5.41, 5.74) is 0. The van der Waals surface area contributed by atoms with Crippen molar-refractivity contribution in [2.75, 3.05) is 40.9 Å². The maximum Gasteiger partial charge on any atom is 0.472 e. The zero-order valence-electron chi connectivity index (χ0n) is 46.3. The highest BCUT2D eigenvalue weighted by atomic mass is 31.2. The Morgan fingerprint density at radius 2 is 0.797 bits per heavy atom. The lowest BCUT2D eigenvalue weighted by Crippen LogP contribution is -2.45. The summed E-state index contributed by atoms with van der Waals surface area (Å²) in [6.45, 7) is 4.79. The molecule has 0 aromatic heterocycles. The van der Waals surface area contributed by atoms with Gasteiger partial charge in [0.1, 0.15) is 13.2 Å². The Hall–Kier alpha value is -1.54. The minimum atomic E-state index is -4.36. The molecule has 0 fully saturated rings. The van der Waals surface area contributed by atoms with Crippen molar-refractivity contribution in [1.29, 1.82) is 0 Å². The van der Waals surface area contributed by atoms with Crippen molar-refractivity contribution in [3.8, 4) is 0 Å². The van der Waals surface area contributed by atoms with Gasteiger partial charge in [-0.3, -0.25) is 13.8 Å². The summed E-state index contributed by atoms with van der Waals surface area (Å²) in [6.07, 6.45) is 68.1. The lowest BCUT2D eigenvalue weighted by Gasteiger charge is -2.25. The van der Waals surface area contributed by atoms with E-state index in [2.05, 4.69) is 55.6 Å². The van der Waals surface area contributed by atoms with Crippen LogP contribution in [0.5, 0.6) is 0 Å². The highest BCUT2D eigenvalue weighted by molar-refractivity contribution is 7.47. The number of nitrogens with zero attached hydrogens (tertiary/aromatic N) is 1. The van der Waals surface area contributed by atoms with Gasteiger partial charge in [0, 0.05) is 6.42 Å². The maximum absolute atomic E-state index is 12.9. The molecule has 3 unspecified atom stereocenters. The summed E-state index contributed by atoms with van der Waals surface area (Å²) in [5.74, 6) is -0.199. The summed E-state index contributed by atoms with van der Waals surface area (Å²) < 4.78 is 23.7. The van der Waals surface area contributed by atoms with E-state index in [0.717, 1.165) is 57.8 Å². The van der Waals surface area contributed by atoms with Crippen LogP contribution < -0.4 is 5.32 Å². The minimum absolute atomic E-state index is 0.0513. The number of nitrogens with one attached hydrogen (secondary N) is 1. The number of hydrogen-bond donors (Lipinski definition) is 3. The molecule has 0 saturated carbocycles. The molecule has 406 valence electrons. The van der Waals surface area contributed by atoms with Crippen molar-refractivity contribution in [3.63, 3.8) is 0 Å². The first kappa shape index (κ1) is 67.5. The molecule has 0 aromatic rings. The Kier molecular flexibility index (Phi) is 50.2. The third kappa shape index (κ3) is 54.1. The van der Waals surface area contributed by atoms with Crippen molar-refractivity contribution in [3.05, 3.63) is 48.6 Å². The van der Waals surface area contributed by atoms with Crippen LogP contribution in [-0.2, 0) is 18.4 Å². The quantitative estimate of drug-likeness (QED) is 0.0243. The van der Waals surface area contributed by atoms with Crippen LogP contribution in [0.2, 0.25) is 0 Å². The van der Waals surface area contributed by atoms with Crippen LogP contribution in [0.25, 0.3) is 0 Å². The minimum Gasteiger partial charge on any atom is -0.387 e. The Balaban J connectivity index is 4.18. The van der Waals surface area contributed by atoms with E-state index in [1.54, 1.807) is 6.08 Å². The van der Waals surface area contributed by atoms with Gasteiger partial charge < -0.3 is 19.8 Å². The third-order valence-corrected chi connectivity index (χ3v) is 14.2. The van der Waals surface area contributed by atoms with E-state index in [-0.39, 0.29) is 19.1 Å². The van der Waals surface area contributed by atoms with Gasteiger partial charge in [-0.05, 0) is 70.6 Å². The zero-order valence-corrected chi connectivity index (χ0v) is 47.2. The molecule has 0 aliphatic rings. The van der Waals surface area contributed by atoms with Crippen molar-refractivity contribution in [2.45, 2.75) is 289 Å². The number of unbranched alkanes of at least 4 members (excludes halogenated alkanes) is 35. The van der Waals surface area contributed by atoms with Crippen molar-refractivity contribution < 1.29 is 32.9 Å². The van der Waals surface area contributed by atoms with E-state index in [9.17, 15) is 19.4 Å². The highest BCUT2D eigenvalue weighted by Gasteiger charge is 2.27. The standard InChI is InChI=1S/C60H115N2O6P/c1-6-8-10-12-14-16-18-20-22-23-24-25-26-27-28-29-30-31-32-33-34-35-36-37-38-40-41-43-45-47-49-51-53-59(63)58(57-68-69(65,66)67-56-55-62(3,4)5)61-60(64)54-52-50-48-46-44-42-39-21-19-17-15-13-11-9-7-2/h21,37-39,43,45,51,53,58-59,63H,6-20,22-36,40-42,44,46-50,52,54-57H2,1-5H3,(H-,61,64,65,66)/p+1/b38-37+,39-21-,45-43+,53-51+. The van der Waals surface area contributed by atoms with Gasteiger partial charge in [0.05, 0.1) is 39.9 Å². The number of aliphatic hydroxyl groups excluding tert-OH is 1. The average Bonchev–Trinajstić information content (AvgIpc) is 3.31. The second kappa shape index (κ2) is 51.4. The largest absolute Gasteiger partial charge is 0.472 e. The lowest BCUT2D eigenvalue weighted by molar-refractivity contribution is -0.870. The number of phosphoric ester groups is 1. The molecule has 0 bridgehead atoms. The molecule has 0 spiro atoms. The third-order valence-electron chi connectivity index (χ3n) is 13.2. The number of amides is 1. The smallest absolute Gasteiger partial charge is 0.387 e. The number of likely N-dealkylation sites (N-methyl/N-ethyl adjacent to an activating group) is 1. The number of aliphatic hydroxyl groups is 1. The first-order valence-corrected chi connectivity index (χ1v) is 31.0. The molecule has 0 saturated heterocycles. The van der Waals surface area contributed by atoms with Gasteiger partial charge in [0.15, 0.2) is 0 Å². The molecule has 0 heterocycles. The van der Waals surface area contributed by atoms with E-state index in [0.29, 0.717) is 17.4 Å². The summed E-state index contributed by atoms with van der Waals surface area (Å²) in [5, 5.41) is 13.9. The van der Waals surface area contributed by atoms with E-state index in [1.807, 2.05) is 27.2 Å². The predicted molar refractivity (Wildman–Crippen MR) is 300 cm³/mol. The normalized spacial score (nSPS) is 14.2. The Morgan fingerprint density at radius 1 is 0.478 bits per heavy atom. The van der Waals surface area contributed by atoms with Crippen LogP contribution in [0.4, 0.5) is 0 Å². The Labute approximate surface area is 429 Å². The van der Waals surface area contributed by atoms with Crippen molar-refractivity contribution in [1.82, 2.24) is 5.32 Å². The monoisotopic (exact) mass is 992 g/mol. The van der Waals surface area contributed by atoms with E-state index in [1.165, 1.54) is 199 Å². The lowest BCUT2D eigenvalue weighted by atomic mass is 10.0. The topological polar surface area (TPSA) is 105 Å². The first-order valence-electron chi connectivity index (χ1n) is 29.5. The molecule has 0 aromatic carbocycles. The molecule has 9 heteroatoms. The molecular weight excluding hydrogens is 876 g/mol. The molecule has 3 N–H and O–H groups in total. The number of rotatable bonds is 54. The van der Waals surface area contributed by atoms with Gasteiger partial charge in [-0.15, -0.1) is 0 Å². The van der Waals surface area contributed by atoms with E-state index in [4.69, 9.17) is 9.05 Å². The summed E-state index contributed by atoms with van der Waals surface area (Å²) in [6, 6.07) is -0.875. The molecule has 3 atom stereocenters. The van der Waals surface area contributed by atoms with Gasteiger partial charge in [-0.25, -0.2) is 4.57 Å². The van der Waals surface area contributed by atoms with Crippen molar-refractivity contribution in [2.24, 2.45) is 0 Å². The zero-order chi connectivity index (χ0) is 50.6. The van der Waals surface area contributed by atoms with Gasteiger partial charge in [-0.1, -0.05) is 249 Å². The van der Waals surface area contributed by atoms with E-state index < -0.39 is 20.0 Å². The second-order valence-corrected chi connectivity index (χ2v) is 22.8. The molecule has 0 aliphatic heterocycles. The summed E-state index contributed by atoms with van der Waals surface area (Å²) >= 11 is 0. The van der Waals surface area contributed by atoms with Gasteiger partial charge in [0.25, 0.3) is 0 Å². The first-order chi connectivity index (χ1) is 33.5. The number of hydrogen-bond acceptors (Lipinski definition) is 5. The fourth-order valence-corrected chi connectivity index (χ4v) is 9.34. The fourth-order valence-electron chi connectivity index (χ4n) is 8.60. The Bertz CT molecular complexity index is 1260. The number of allylic oxidation sites excluding steroid dienone is 7. The van der Waals surface area contributed by atoms with E-state index >= 15 is 0 Å². The van der Waals surface area contributed by atoms with Crippen LogP contribution in [0.15, 0.2) is 48.6 Å². The predicted octanol–water partition coefficient (Wildman–Crippen LogP) is 17.9. The number of carbonyl (C=O) groups is 1. The number of carbonyl (C=O) groups excluding carboxylic acids is 1. The van der Waals surface area contributed by atoms with Gasteiger partial charge in [-0.2, -0.15) is 0 Å². The molecule has 8 nitrogen and oxygen atoms in total. The molecular formula is C60H116N2O6P+. The van der Waals surface area contributed by atoms with Crippen LogP contribution >= 0.6 is 7.82 Å². The highest BCUT2D eigenvalue weighted by Crippen LogP contribution is 2.43. The fraction of sp³-hybridized carbons (Fsp3) is 0.850. The summed E-state index contributed by atoms with van der Waals surface area (Å²) in [7, 11) is 1.54. The Morgan fingerprint density at radius 3 is 1.16 bits per heavy atom. The van der Waals surface area contributed by atoms with Crippen LogP contribution in [-0.4, -0.2) is 73.4 Å². The molecule has 0 aliphatic carbocycles. The summed E-state index contributed by atoms with van der Waals surface area (Å²) in [4.78, 5) is 23.2. The SMILES string of the molecule is CCCCCCCC/C=C\CCCCCCCC(=O)NC(COP(=O)(O)OCC[N+](C)(C)C)C(O)/C=C/CC/C=C/CC/C=C/CCCCCCCCCCCCCCCCCCCCCCCC. The molecule has 69 heavy (non-hydrogen) atoms. The molecule has 0 radical (unpaired) electrons. The maximum atomic E-state index is 12.9. The van der Waals surface area contributed by atoms with Crippen molar-refractivity contribution >= 4 is 13.7 Å². The van der Waals surface area contributed by atoms with Crippen LogP contribution in [0.1, 0.15) is 277 Å². The molecule has 0 rings (SSSR count). The van der Waals surface area contributed by atoms with Gasteiger partial charge >= 0.3 is 7.82 Å². The average molecular weight is 993 g/mol.